The van der Waals surface area contributed by atoms with E-state index in [1.165, 1.54) is 31.5 Å². The van der Waals surface area contributed by atoms with Gasteiger partial charge in [0.05, 0.1) is 0 Å². The summed E-state index contributed by atoms with van der Waals surface area (Å²) in [6.45, 7) is 9.57. The van der Waals surface area contributed by atoms with Crippen LogP contribution in [0.5, 0.6) is 0 Å². The van der Waals surface area contributed by atoms with Crippen molar-refractivity contribution in [2.75, 3.05) is 33.9 Å². The van der Waals surface area contributed by atoms with E-state index in [0.29, 0.717) is 0 Å². The first-order valence-electron chi connectivity index (χ1n) is 6.04. The average Bonchev–Trinajstić information content (AvgIpc) is 2.18. The first kappa shape index (κ1) is 14.7. The lowest BCUT2D eigenvalue weighted by molar-refractivity contribution is 0.195. The fourth-order valence-corrected chi connectivity index (χ4v) is 1.68. The minimum absolute atomic E-state index is 0.856. The van der Waals surface area contributed by atoms with Crippen LogP contribution < -0.4 is 0 Å². The lowest BCUT2D eigenvalue weighted by Gasteiger charge is -2.15. The molecule has 0 aromatic carbocycles. The number of rotatable bonds is 10. The van der Waals surface area contributed by atoms with Gasteiger partial charge in [0.2, 0.25) is 0 Å². The molecule has 90 valence electrons. The molecular formula is C13H27NO. The molecule has 0 heterocycles. The van der Waals surface area contributed by atoms with E-state index in [1.807, 2.05) is 0 Å². The second-order valence-electron chi connectivity index (χ2n) is 4.25. The van der Waals surface area contributed by atoms with Crippen LogP contribution >= 0.6 is 0 Å². The van der Waals surface area contributed by atoms with Gasteiger partial charge in [-0.25, -0.2) is 0 Å². The molecule has 0 atom stereocenters. The fourth-order valence-electron chi connectivity index (χ4n) is 1.68. The Labute approximate surface area is 95.3 Å². The highest BCUT2D eigenvalue weighted by Crippen LogP contribution is 2.10. The first-order valence-corrected chi connectivity index (χ1v) is 6.04. The van der Waals surface area contributed by atoms with Gasteiger partial charge in [0.15, 0.2) is 0 Å². The number of ether oxygens (including phenoxy) is 1. The van der Waals surface area contributed by atoms with Crippen molar-refractivity contribution in [3.8, 4) is 0 Å². The fraction of sp³-hybridized carbons (Fsp3) is 0.846. The van der Waals surface area contributed by atoms with Gasteiger partial charge in [0.25, 0.3) is 0 Å². The maximum absolute atomic E-state index is 5.02. The van der Waals surface area contributed by atoms with Crippen LogP contribution in [-0.2, 0) is 4.74 Å². The van der Waals surface area contributed by atoms with E-state index >= 15 is 0 Å². The molecule has 0 N–H and O–H groups in total. The van der Waals surface area contributed by atoms with E-state index in [1.54, 1.807) is 7.11 Å². The van der Waals surface area contributed by atoms with Crippen molar-refractivity contribution in [1.82, 2.24) is 4.90 Å². The second kappa shape index (κ2) is 10.2. The zero-order valence-electron chi connectivity index (χ0n) is 10.7. The Hall–Kier alpha value is -0.340. The number of allylic oxidation sites excluding steroid dienone is 1. The number of hydrogen-bond donors (Lipinski definition) is 0. The molecule has 0 aliphatic carbocycles. The van der Waals surface area contributed by atoms with E-state index in [-0.39, 0.29) is 0 Å². The van der Waals surface area contributed by atoms with E-state index in [4.69, 9.17) is 4.74 Å². The summed E-state index contributed by atoms with van der Waals surface area (Å²) in [5, 5.41) is 0. The Bertz CT molecular complexity index is 157. The molecule has 0 rings (SSSR count). The number of hydrogen-bond acceptors (Lipinski definition) is 2. The summed E-state index contributed by atoms with van der Waals surface area (Å²) in [7, 11) is 3.94. The van der Waals surface area contributed by atoms with Gasteiger partial charge in [-0.1, -0.05) is 19.1 Å². The van der Waals surface area contributed by atoms with Crippen molar-refractivity contribution >= 4 is 0 Å². The molecule has 0 radical (unpaired) electrons. The zero-order chi connectivity index (χ0) is 11.5. The molecule has 0 aromatic heterocycles. The van der Waals surface area contributed by atoms with E-state index in [0.717, 1.165) is 25.9 Å². The van der Waals surface area contributed by atoms with Crippen molar-refractivity contribution in [2.45, 2.75) is 39.0 Å². The van der Waals surface area contributed by atoms with Gasteiger partial charge in [-0.2, -0.15) is 0 Å². The number of nitrogens with zero attached hydrogens (tertiary/aromatic N) is 1. The molecule has 2 nitrogen and oxygen atoms in total. The quantitative estimate of drug-likeness (QED) is 0.408. The zero-order valence-corrected chi connectivity index (χ0v) is 10.7. The van der Waals surface area contributed by atoms with Crippen LogP contribution in [0.2, 0.25) is 0 Å². The molecule has 0 amide bonds. The Kier molecular flexibility index (Phi) is 9.96. The van der Waals surface area contributed by atoms with Crippen molar-refractivity contribution in [2.24, 2.45) is 0 Å². The topological polar surface area (TPSA) is 12.5 Å². The third-order valence-corrected chi connectivity index (χ3v) is 2.55. The van der Waals surface area contributed by atoms with E-state index < -0.39 is 0 Å². The predicted octanol–water partition coefficient (Wildman–Crippen LogP) is 3.09. The van der Waals surface area contributed by atoms with Crippen LogP contribution in [-0.4, -0.2) is 38.8 Å². The van der Waals surface area contributed by atoms with E-state index in [2.05, 4.69) is 25.5 Å². The Balaban J connectivity index is 3.30. The van der Waals surface area contributed by atoms with Crippen molar-refractivity contribution in [1.29, 1.82) is 0 Å². The lowest BCUT2D eigenvalue weighted by atomic mass is 10.1. The molecule has 0 aliphatic heterocycles. The maximum atomic E-state index is 5.02. The summed E-state index contributed by atoms with van der Waals surface area (Å²) < 4.78 is 5.02. The summed E-state index contributed by atoms with van der Waals surface area (Å²) in [5.41, 5.74) is 1.37. The average molecular weight is 213 g/mol. The van der Waals surface area contributed by atoms with Gasteiger partial charge >= 0.3 is 0 Å². The van der Waals surface area contributed by atoms with Crippen molar-refractivity contribution in [3.05, 3.63) is 12.2 Å². The molecule has 0 aliphatic rings. The highest BCUT2D eigenvalue weighted by Gasteiger charge is 1.98. The Morgan fingerprint density at radius 3 is 2.47 bits per heavy atom. The SMILES string of the molecule is C=C(CCCOC)CCCN(C)CCC. The lowest BCUT2D eigenvalue weighted by Crippen LogP contribution is -2.20. The summed E-state index contributed by atoms with van der Waals surface area (Å²) in [4.78, 5) is 2.39. The molecule has 0 spiro atoms. The highest BCUT2D eigenvalue weighted by atomic mass is 16.5. The van der Waals surface area contributed by atoms with Crippen LogP contribution in [0.15, 0.2) is 12.2 Å². The van der Waals surface area contributed by atoms with Crippen LogP contribution in [0, 0.1) is 0 Å². The molecule has 0 bridgehead atoms. The third-order valence-electron chi connectivity index (χ3n) is 2.55. The minimum atomic E-state index is 0.856. The second-order valence-corrected chi connectivity index (χ2v) is 4.25. The predicted molar refractivity (Wildman–Crippen MR) is 67.3 cm³/mol. The molecule has 0 unspecified atom stereocenters. The third kappa shape index (κ3) is 9.95. The van der Waals surface area contributed by atoms with Crippen LogP contribution in [0.3, 0.4) is 0 Å². The largest absolute Gasteiger partial charge is 0.385 e. The van der Waals surface area contributed by atoms with Gasteiger partial charge in [-0.05, 0) is 52.2 Å². The van der Waals surface area contributed by atoms with Gasteiger partial charge in [-0.15, -0.1) is 0 Å². The van der Waals surface area contributed by atoms with Crippen LogP contribution in [0.1, 0.15) is 39.0 Å². The molecule has 2 heteroatoms. The molecule has 0 saturated carbocycles. The Morgan fingerprint density at radius 1 is 1.20 bits per heavy atom. The van der Waals surface area contributed by atoms with E-state index in [9.17, 15) is 0 Å². The maximum Gasteiger partial charge on any atom is 0.0465 e. The summed E-state index contributed by atoms with van der Waals surface area (Å²) in [6, 6.07) is 0. The molecule has 0 aromatic rings. The molecule has 15 heavy (non-hydrogen) atoms. The minimum Gasteiger partial charge on any atom is -0.385 e. The summed E-state index contributed by atoms with van der Waals surface area (Å²) in [5.74, 6) is 0. The van der Waals surface area contributed by atoms with Crippen LogP contribution in [0.4, 0.5) is 0 Å². The smallest absolute Gasteiger partial charge is 0.0465 e. The van der Waals surface area contributed by atoms with Gasteiger partial charge in [-0.3, -0.25) is 0 Å². The van der Waals surface area contributed by atoms with Gasteiger partial charge in [0, 0.05) is 13.7 Å². The molecule has 0 saturated heterocycles. The van der Waals surface area contributed by atoms with Crippen molar-refractivity contribution in [3.63, 3.8) is 0 Å². The number of methoxy groups -OCH3 is 1. The van der Waals surface area contributed by atoms with Crippen molar-refractivity contribution < 1.29 is 4.74 Å². The standard InChI is InChI=1S/C13H27NO/c1-5-10-14(3)11-6-8-13(2)9-7-12-15-4/h2,5-12H2,1,3-4H3. The summed E-state index contributed by atoms with van der Waals surface area (Å²) in [6.07, 6.45) is 5.87. The van der Waals surface area contributed by atoms with Crippen LogP contribution in [0.25, 0.3) is 0 Å². The summed E-state index contributed by atoms with van der Waals surface area (Å²) >= 11 is 0. The molecular weight excluding hydrogens is 186 g/mol. The van der Waals surface area contributed by atoms with Gasteiger partial charge < -0.3 is 9.64 Å². The Morgan fingerprint density at radius 2 is 1.87 bits per heavy atom. The highest BCUT2D eigenvalue weighted by molar-refractivity contribution is 4.93. The first-order chi connectivity index (χ1) is 7.20. The van der Waals surface area contributed by atoms with Gasteiger partial charge in [0.1, 0.15) is 0 Å². The monoisotopic (exact) mass is 213 g/mol. The molecule has 0 fully saturated rings. The normalized spacial score (nSPS) is 10.9.